The zero-order chi connectivity index (χ0) is 59.8. The van der Waals surface area contributed by atoms with Crippen molar-refractivity contribution < 1.29 is 17.1 Å². The molecule has 1 aliphatic rings. The zero-order valence-electron chi connectivity index (χ0n) is 53.2. The van der Waals surface area contributed by atoms with Crippen molar-refractivity contribution in [3.8, 4) is 28.4 Å². The van der Waals surface area contributed by atoms with E-state index in [-0.39, 0.29) is 16.4 Å². The number of hydrogen-bond donors (Lipinski definition) is 0. The highest BCUT2D eigenvalue weighted by atomic mass is 16.5. The molecular formula is C70H68N4O. The van der Waals surface area contributed by atoms with Crippen molar-refractivity contribution >= 4 is 76.5 Å². The second-order valence-corrected chi connectivity index (χ2v) is 23.5. The minimum Gasteiger partial charge on any atom is -0.457 e. The smallest absolute Gasteiger partial charge is 0.137 e. The molecule has 75 heavy (non-hydrogen) atoms. The molecule has 1 aliphatic heterocycles. The Morgan fingerprint density at radius 1 is 0.467 bits per heavy atom. The Morgan fingerprint density at radius 3 is 1.83 bits per heavy atom. The maximum atomic E-state index is 8.87. The Balaban J connectivity index is 1.12. The lowest BCUT2D eigenvalue weighted by molar-refractivity contribution is 0.483. The van der Waals surface area contributed by atoms with E-state index in [1.165, 1.54) is 17.7 Å². The van der Waals surface area contributed by atoms with Crippen LogP contribution in [0.1, 0.15) is 117 Å². The highest BCUT2D eigenvalue weighted by Crippen LogP contribution is 2.47. The highest BCUT2D eigenvalue weighted by Gasteiger charge is 2.29. The lowest BCUT2D eigenvalue weighted by Gasteiger charge is -2.27. The number of hydrogen-bond acceptors (Lipinski definition) is 3. The van der Waals surface area contributed by atoms with E-state index in [4.69, 9.17) is 22.1 Å². The van der Waals surface area contributed by atoms with Gasteiger partial charge in [0, 0.05) is 63.5 Å². The molecule has 12 rings (SSSR count). The van der Waals surface area contributed by atoms with E-state index in [9.17, 15) is 0 Å². The standard InChI is InChI=1S/C70H68N4O/c1-67(2,3)45-35-36-71-63(40-45)74-60-31-16-15-24-53(60)54-34-33-50(42-62(54)74)75-49-22-17-21-48(41-49)72-43-73-65-51(44-37-46(68(4,5)6)39-47(38-44)69(7,8)9)26-18-28-58(65)56-27-19-30-59(70(10,11)12)64(56)55-25-14-13-23-52(55)57-29-20-32-61(72)66(57)73/h13-42H,43H2,1-12H3/i4D3,5D3,6D3. The number of nitrogens with zero attached hydrogens (tertiary/aromatic N) is 4. The van der Waals surface area contributed by atoms with Crippen molar-refractivity contribution in [2.24, 2.45) is 0 Å². The monoisotopic (exact) mass is 990 g/mol. The summed E-state index contributed by atoms with van der Waals surface area (Å²) in [6.45, 7) is 9.05. The molecule has 5 nitrogen and oxygen atoms in total. The van der Waals surface area contributed by atoms with Crippen LogP contribution < -0.4 is 9.64 Å². The Labute approximate surface area is 455 Å². The first-order valence-electron chi connectivity index (χ1n) is 30.5. The van der Waals surface area contributed by atoms with Gasteiger partial charge in [0.05, 0.1) is 27.8 Å². The molecule has 0 fully saturated rings. The van der Waals surface area contributed by atoms with Crippen LogP contribution in [0.15, 0.2) is 182 Å². The van der Waals surface area contributed by atoms with E-state index in [1.807, 2.05) is 63.4 Å². The lowest BCUT2D eigenvalue weighted by atomic mass is 9.78. The summed E-state index contributed by atoms with van der Waals surface area (Å²) in [6.07, 6.45) is 1.88. The lowest BCUT2D eigenvalue weighted by Crippen LogP contribution is -2.17. The van der Waals surface area contributed by atoms with Gasteiger partial charge >= 0.3 is 0 Å². The van der Waals surface area contributed by atoms with Gasteiger partial charge in [-0.05, 0) is 120 Å². The van der Waals surface area contributed by atoms with Crippen LogP contribution in [0.4, 0.5) is 11.4 Å². The zero-order valence-corrected chi connectivity index (χ0v) is 44.2. The van der Waals surface area contributed by atoms with E-state index >= 15 is 0 Å². The molecule has 0 saturated carbocycles. The summed E-state index contributed by atoms with van der Waals surface area (Å²) >= 11 is 0. The number of benzene rings is 8. The van der Waals surface area contributed by atoms with Gasteiger partial charge in [0.2, 0.25) is 0 Å². The number of para-hydroxylation sites is 3. The first kappa shape index (κ1) is 38.7. The maximum absolute atomic E-state index is 8.87. The molecule has 0 aliphatic carbocycles. The molecule has 374 valence electrons. The van der Waals surface area contributed by atoms with Crippen molar-refractivity contribution in [2.45, 2.75) is 111 Å². The second kappa shape index (κ2) is 17.3. The summed E-state index contributed by atoms with van der Waals surface area (Å²) in [4.78, 5) is 7.18. The number of pyridine rings is 1. The molecule has 0 spiro atoms. The van der Waals surface area contributed by atoms with Gasteiger partial charge in [-0.25, -0.2) is 4.98 Å². The first-order valence-corrected chi connectivity index (χ1v) is 26.0. The Kier molecular flexibility index (Phi) is 8.94. The molecule has 0 N–H and O–H groups in total. The van der Waals surface area contributed by atoms with Crippen LogP contribution in [0.2, 0.25) is 0 Å². The fraction of sp³-hybridized carbons (Fsp3) is 0.243. The fourth-order valence-electron chi connectivity index (χ4n) is 11.4. The quantitative estimate of drug-likeness (QED) is 0.172. The molecule has 3 aromatic heterocycles. The molecule has 0 atom stereocenters. The largest absolute Gasteiger partial charge is 0.457 e. The molecule has 8 aromatic carbocycles. The van der Waals surface area contributed by atoms with Crippen LogP contribution in [-0.4, -0.2) is 14.1 Å². The number of rotatable bonds is 5. The van der Waals surface area contributed by atoms with Gasteiger partial charge in [-0.3, -0.25) is 4.57 Å². The molecule has 4 heterocycles. The molecule has 0 bridgehead atoms. The SMILES string of the molecule is [2H]C([2H])([2H])C(c1cc(-c2cccc3c4cccc(C(C)(C)C)c4c4ccccc4c4cccc5c4n(c23)CN5c2cccc(Oc3ccc4c5ccccc5n(-c5cc(C(C)(C)C)ccn5)c4c3)c2)cc(C(C)(C)C)c1)(C([2H])([2H])[2H])C([2H])([2H])[2H]. The fourth-order valence-corrected chi connectivity index (χ4v) is 11.4. The molecular weight excluding hydrogens is 913 g/mol. The maximum Gasteiger partial charge on any atom is 0.137 e. The third kappa shape index (κ3) is 8.28. The van der Waals surface area contributed by atoms with E-state index in [1.54, 1.807) is 0 Å². The number of anilines is 2. The normalized spacial score (nSPS) is 15.5. The predicted molar refractivity (Wildman–Crippen MR) is 320 cm³/mol. The first-order chi connectivity index (χ1) is 39.5. The topological polar surface area (TPSA) is 35.2 Å². The third-order valence-electron chi connectivity index (χ3n) is 15.2. The molecule has 0 radical (unpaired) electrons. The molecule has 5 heteroatoms. The Bertz CT molecular complexity index is 4510. The Hall–Kier alpha value is -7.89. The third-order valence-corrected chi connectivity index (χ3v) is 15.2. The van der Waals surface area contributed by atoms with Crippen LogP contribution in [0, 0.1) is 0 Å². The van der Waals surface area contributed by atoms with Crippen molar-refractivity contribution in [1.82, 2.24) is 14.1 Å². The number of fused-ring (bicyclic) bond motifs is 10. The van der Waals surface area contributed by atoms with E-state index < -0.39 is 31.4 Å². The minimum atomic E-state index is -3.47. The van der Waals surface area contributed by atoms with Gasteiger partial charge in [-0.15, -0.1) is 0 Å². The number of aromatic nitrogens is 3. The van der Waals surface area contributed by atoms with Crippen LogP contribution in [0.25, 0.3) is 82.1 Å². The number of ether oxygens (including phenoxy) is 1. The van der Waals surface area contributed by atoms with Gasteiger partial charge in [-0.1, -0.05) is 198 Å². The van der Waals surface area contributed by atoms with Crippen molar-refractivity contribution in [3.05, 3.63) is 204 Å². The highest BCUT2D eigenvalue weighted by molar-refractivity contribution is 6.23. The summed E-state index contributed by atoms with van der Waals surface area (Å²) in [5, 5.41) is 8.20. The van der Waals surface area contributed by atoms with Crippen LogP contribution in [0.5, 0.6) is 11.5 Å². The van der Waals surface area contributed by atoms with E-state index in [0.29, 0.717) is 34.9 Å². The summed E-state index contributed by atoms with van der Waals surface area (Å²) in [5.41, 5.74) is 4.99. The average molecular weight is 990 g/mol. The van der Waals surface area contributed by atoms with Crippen molar-refractivity contribution in [2.75, 3.05) is 4.90 Å². The van der Waals surface area contributed by atoms with Crippen molar-refractivity contribution in [3.63, 3.8) is 0 Å². The van der Waals surface area contributed by atoms with Gasteiger partial charge in [0.15, 0.2) is 0 Å². The van der Waals surface area contributed by atoms with Gasteiger partial charge < -0.3 is 14.2 Å². The van der Waals surface area contributed by atoms with E-state index in [0.717, 1.165) is 87.9 Å². The summed E-state index contributed by atoms with van der Waals surface area (Å²) < 4.78 is 91.2. The predicted octanol–water partition coefficient (Wildman–Crippen LogP) is 19.5. The minimum absolute atomic E-state index is 0.0813. The average Bonchev–Trinajstić information content (AvgIpc) is 0.922. The summed E-state index contributed by atoms with van der Waals surface area (Å²) in [7, 11) is 0. The van der Waals surface area contributed by atoms with Gasteiger partial charge in [0.1, 0.15) is 24.0 Å². The molecule has 11 aromatic rings. The van der Waals surface area contributed by atoms with E-state index in [2.05, 4.69) is 183 Å². The molecule has 0 saturated heterocycles. The van der Waals surface area contributed by atoms with Crippen LogP contribution >= 0.6 is 0 Å². The molecule has 0 amide bonds. The van der Waals surface area contributed by atoms with Crippen molar-refractivity contribution in [1.29, 1.82) is 0 Å². The van der Waals surface area contributed by atoms with Gasteiger partial charge in [-0.2, -0.15) is 0 Å². The second-order valence-electron chi connectivity index (χ2n) is 23.5. The summed E-state index contributed by atoms with van der Waals surface area (Å²) in [6, 6.07) is 59.4. The van der Waals surface area contributed by atoms with Crippen LogP contribution in [-0.2, 0) is 28.3 Å². The summed E-state index contributed by atoms with van der Waals surface area (Å²) in [5.74, 6) is 2.11. The van der Waals surface area contributed by atoms with Crippen LogP contribution in [0.3, 0.4) is 0 Å². The van der Waals surface area contributed by atoms with Gasteiger partial charge in [0.25, 0.3) is 0 Å². The molecule has 0 unspecified atom stereocenters. The Morgan fingerprint density at radius 2 is 1.08 bits per heavy atom.